The maximum Gasteiger partial charge on any atom is 0.273 e. The Morgan fingerprint density at radius 3 is 2.75 bits per heavy atom. The summed E-state index contributed by atoms with van der Waals surface area (Å²) in [5, 5.41) is 3.70. The van der Waals surface area contributed by atoms with E-state index in [4.69, 9.17) is 16.0 Å². The molecule has 2 aliphatic carbocycles. The number of carbonyl (C=O) groups excluding carboxylic acids is 1. The molecule has 2 aromatic rings. The minimum atomic E-state index is -0.142. The predicted molar refractivity (Wildman–Crippen MR) is 90.7 cm³/mol. The molecule has 24 heavy (non-hydrogen) atoms. The largest absolute Gasteiger partial charge is 0.447 e. The number of benzene rings is 1. The summed E-state index contributed by atoms with van der Waals surface area (Å²) in [4.78, 5) is 18.7. The topological polar surface area (TPSA) is 58.4 Å². The molecule has 2 aliphatic rings. The standard InChI is InChI=1S/C18H20ClN3O2/c19-15-4-2-1-3-12(15)9-22(14-7-8-14)10-17-21-16(11-24-17)18(23)20-13-5-6-13/h1-4,11,13-14H,5-10H2,(H,20,23). The van der Waals surface area contributed by atoms with E-state index in [0.717, 1.165) is 30.0 Å². The maximum atomic E-state index is 12.0. The SMILES string of the molecule is O=C(NC1CC1)c1coc(CN(Cc2ccccc2Cl)C2CC2)n1. The van der Waals surface area contributed by atoms with Gasteiger partial charge in [-0.3, -0.25) is 9.69 Å². The van der Waals surface area contributed by atoms with E-state index < -0.39 is 0 Å². The van der Waals surface area contributed by atoms with Crippen molar-refractivity contribution < 1.29 is 9.21 Å². The number of halogens is 1. The number of amides is 1. The van der Waals surface area contributed by atoms with Crippen molar-refractivity contribution in [2.45, 2.75) is 50.9 Å². The number of nitrogens with one attached hydrogen (secondary N) is 1. The van der Waals surface area contributed by atoms with Gasteiger partial charge in [0.15, 0.2) is 5.69 Å². The number of aromatic nitrogens is 1. The smallest absolute Gasteiger partial charge is 0.273 e. The van der Waals surface area contributed by atoms with Crippen molar-refractivity contribution in [3.63, 3.8) is 0 Å². The molecule has 1 N–H and O–H groups in total. The van der Waals surface area contributed by atoms with Crippen LogP contribution in [0.15, 0.2) is 34.9 Å². The van der Waals surface area contributed by atoms with Crippen LogP contribution in [0.1, 0.15) is 47.6 Å². The third-order valence-electron chi connectivity index (χ3n) is 4.43. The van der Waals surface area contributed by atoms with Gasteiger partial charge in [-0.1, -0.05) is 29.8 Å². The summed E-state index contributed by atoms with van der Waals surface area (Å²) in [6, 6.07) is 8.75. The second kappa shape index (κ2) is 6.57. The quantitative estimate of drug-likeness (QED) is 0.835. The lowest BCUT2D eigenvalue weighted by Crippen LogP contribution is -2.27. The second-order valence-corrected chi connectivity index (χ2v) is 7.01. The van der Waals surface area contributed by atoms with Crippen molar-refractivity contribution in [3.8, 4) is 0 Å². The molecule has 2 saturated carbocycles. The fourth-order valence-electron chi connectivity index (χ4n) is 2.75. The van der Waals surface area contributed by atoms with Crippen molar-refractivity contribution in [1.82, 2.24) is 15.2 Å². The lowest BCUT2D eigenvalue weighted by atomic mass is 10.2. The number of oxazole rings is 1. The zero-order valence-electron chi connectivity index (χ0n) is 13.4. The van der Waals surface area contributed by atoms with Gasteiger partial charge >= 0.3 is 0 Å². The average molecular weight is 346 g/mol. The summed E-state index contributed by atoms with van der Waals surface area (Å²) in [5.41, 5.74) is 1.47. The summed E-state index contributed by atoms with van der Waals surface area (Å²) in [5.74, 6) is 0.437. The average Bonchev–Trinajstić information content (AvgIpc) is 3.49. The number of carbonyl (C=O) groups is 1. The van der Waals surface area contributed by atoms with E-state index in [-0.39, 0.29) is 5.91 Å². The molecule has 5 nitrogen and oxygen atoms in total. The third kappa shape index (κ3) is 3.79. The van der Waals surface area contributed by atoms with Crippen LogP contribution in [-0.2, 0) is 13.1 Å². The Morgan fingerprint density at radius 2 is 2.04 bits per heavy atom. The van der Waals surface area contributed by atoms with Gasteiger partial charge < -0.3 is 9.73 Å². The van der Waals surface area contributed by atoms with Crippen LogP contribution in [0.3, 0.4) is 0 Å². The zero-order chi connectivity index (χ0) is 16.5. The molecule has 0 radical (unpaired) electrons. The van der Waals surface area contributed by atoms with Crippen LogP contribution < -0.4 is 5.32 Å². The Kier molecular flexibility index (Phi) is 4.29. The lowest BCUT2D eigenvalue weighted by molar-refractivity contribution is 0.0946. The van der Waals surface area contributed by atoms with E-state index in [9.17, 15) is 4.79 Å². The summed E-state index contributed by atoms with van der Waals surface area (Å²) >= 11 is 6.28. The third-order valence-corrected chi connectivity index (χ3v) is 4.80. The fourth-order valence-corrected chi connectivity index (χ4v) is 2.94. The molecule has 1 aromatic heterocycles. The molecule has 1 aromatic carbocycles. The molecular formula is C18H20ClN3O2. The Hall–Kier alpha value is -1.85. The first kappa shape index (κ1) is 15.7. The maximum absolute atomic E-state index is 12.0. The first-order chi connectivity index (χ1) is 11.7. The molecule has 4 rings (SSSR count). The molecule has 126 valence electrons. The summed E-state index contributed by atoms with van der Waals surface area (Å²) < 4.78 is 5.52. The minimum Gasteiger partial charge on any atom is -0.447 e. The molecular weight excluding hydrogens is 326 g/mol. The van der Waals surface area contributed by atoms with Gasteiger partial charge in [-0.25, -0.2) is 4.98 Å². The van der Waals surface area contributed by atoms with Crippen molar-refractivity contribution in [3.05, 3.63) is 52.7 Å². The normalized spacial score (nSPS) is 17.2. The molecule has 6 heteroatoms. The van der Waals surface area contributed by atoms with E-state index >= 15 is 0 Å². The number of nitrogens with zero attached hydrogens (tertiary/aromatic N) is 2. The van der Waals surface area contributed by atoms with Gasteiger partial charge in [0, 0.05) is 23.7 Å². The van der Waals surface area contributed by atoms with Gasteiger partial charge in [-0.2, -0.15) is 0 Å². The summed E-state index contributed by atoms with van der Waals surface area (Å²) in [6.07, 6.45) is 5.93. The molecule has 0 atom stereocenters. The highest BCUT2D eigenvalue weighted by atomic mass is 35.5. The molecule has 0 saturated heterocycles. The number of hydrogen-bond acceptors (Lipinski definition) is 4. The van der Waals surface area contributed by atoms with Gasteiger partial charge in [0.25, 0.3) is 5.91 Å². The van der Waals surface area contributed by atoms with Crippen molar-refractivity contribution in [2.24, 2.45) is 0 Å². The van der Waals surface area contributed by atoms with E-state index in [2.05, 4.69) is 15.2 Å². The van der Waals surface area contributed by atoms with Crippen molar-refractivity contribution >= 4 is 17.5 Å². The van der Waals surface area contributed by atoms with E-state index in [1.807, 2.05) is 24.3 Å². The number of rotatable bonds is 7. The molecule has 1 heterocycles. The van der Waals surface area contributed by atoms with Gasteiger partial charge in [0.2, 0.25) is 5.89 Å². The first-order valence-electron chi connectivity index (χ1n) is 8.42. The first-order valence-corrected chi connectivity index (χ1v) is 8.79. The van der Waals surface area contributed by atoms with Crippen LogP contribution in [-0.4, -0.2) is 27.9 Å². The molecule has 1 amide bonds. The number of hydrogen-bond donors (Lipinski definition) is 1. The second-order valence-electron chi connectivity index (χ2n) is 6.60. The summed E-state index contributed by atoms with van der Waals surface area (Å²) in [7, 11) is 0. The lowest BCUT2D eigenvalue weighted by Gasteiger charge is -2.20. The highest BCUT2D eigenvalue weighted by molar-refractivity contribution is 6.31. The molecule has 0 bridgehead atoms. The van der Waals surface area contributed by atoms with Gasteiger partial charge in [-0.05, 0) is 37.3 Å². The van der Waals surface area contributed by atoms with Gasteiger partial charge in [-0.15, -0.1) is 0 Å². The van der Waals surface area contributed by atoms with E-state index in [1.165, 1.54) is 19.1 Å². The molecule has 0 spiro atoms. The van der Waals surface area contributed by atoms with Crippen LogP contribution in [0.5, 0.6) is 0 Å². The highest BCUT2D eigenvalue weighted by Crippen LogP contribution is 2.31. The van der Waals surface area contributed by atoms with Crippen LogP contribution in [0.4, 0.5) is 0 Å². The van der Waals surface area contributed by atoms with E-state index in [0.29, 0.717) is 30.2 Å². The van der Waals surface area contributed by atoms with Crippen LogP contribution >= 0.6 is 11.6 Å². The summed E-state index contributed by atoms with van der Waals surface area (Å²) in [6.45, 7) is 1.35. The van der Waals surface area contributed by atoms with E-state index in [1.54, 1.807) is 0 Å². The Morgan fingerprint density at radius 1 is 1.25 bits per heavy atom. The highest BCUT2D eigenvalue weighted by Gasteiger charge is 2.31. The zero-order valence-corrected chi connectivity index (χ0v) is 14.1. The minimum absolute atomic E-state index is 0.142. The van der Waals surface area contributed by atoms with Crippen LogP contribution in [0, 0.1) is 0 Å². The monoisotopic (exact) mass is 345 g/mol. The predicted octanol–water partition coefficient (Wildman–Crippen LogP) is 3.38. The fraction of sp³-hybridized carbons (Fsp3) is 0.444. The Balaban J connectivity index is 1.42. The van der Waals surface area contributed by atoms with Crippen molar-refractivity contribution in [2.75, 3.05) is 0 Å². The van der Waals surface area contributed by atoms with Crippen molar-refractivity contribution in [1.29, 1.82) is 0 Å². The molecule has 0 unspecified atom stereocenters. The van der Waals surface area contributed by atoms with Gasteiger partial charge in [0.1, 0.15) is 6.26 Å². The van der Waals surface area contributed by atoms with Gasteiger partial charge in [0.05, 0.1) is 6.54 Å². The van der Waals surface area contributed by atoms with Crippen LogP contribution in [0.2, 0.25) is 5.02 Å². The Labute approximate surface area is 146 Å². The van der Waals surface area contributed by atoms with Crippen LogP contribution in [0.25, 0.3) is 0 Å². The molecule has 2 fully saturated rings. The Bertz CT molecular complexity index is 737. The molecule has 0 aliphatic heterocycles.